The largest absolute Gasteiger partial charge is 0.397 e. The molecule has 1 unspecified atom stereocenters. The van der Waals surface area contributed by atoms with E-state index < -0.39 is 16.6 Å². The molecule has 1 amide bonds. The Bertz CT molecular complexity index is 676. The maximum absolute atomic E-state index is 13.0. The molecule has 2 aromatic rings. The minimum Gasteiger partial charge on any atom is -0.397 e. The first-order valence-electron chi connectivity index (χ1n) is 6.34. The third-order valence-electron chi connectivity index (χ3n) is 2.81. The highest BCUT2D eigenvalue weighted by Gasteiger charge is 2.09. The van der Waals surface area contributed by atoms with Gasteiger partial charge in [-0.1, -0.05) is 18.2 Å². The van der Waals surface area contributed by atoms with Gasteiger partial charge in [-0.05, 0) is 30.3 Å². The number of para-hydroxylation sites is 2. The number of hydrogen-bond donors (Lipinski definition) is 2. The monoisotopic (exact) mass is 306 g/mol. The Kier molecular flexibility index (Phi) is 5.05. The molecule has 0 aliphatic heterocycles. The van der Waals surface area contributed by atoms with Crippen molar-refractivity contribution in [2.24, 2.45) is 0 Å². The van der Waals surface area contributed by atoms with Crippen LogP contribution in [0.4, 0.5) is 15.8 Å². The summed E-state index contributed by atoms with van der Waals surface area (Å²) in [5.41, 5.74) is 6.71. The number of amides is 1. The van der Waals surface area contributed by atoms with Gasteiger partial charge in [-0.2, -0.15) is 0 Å². The highest BCUT2D eigenvalue weighted by atomic mass is 32.2. The number of anilines is 2. The van der Waals surface area contributed by atoms with Crippen molar-refractivity contribution >= 4 is 28.1 Å². The van der Waals surface area contributed by atoms with Gasteiger partial charge in [0.2, 0.25) is 5.91 Å². The molecular formula is C15H15FN2O2S. The van der Waals surface area contributed by atoms with Crippen molar-refractivity contribution in [3.63, 3.8) is 0 Å². The van der Waals surface area contributed by atoms with Gasteiger partial charge >= 0.3 is 0 Å². The normalized spacial score (nSPS) is 11.9. The molecule has 0 radical (unpaired) electrons. The van der Waals surface area contributed by atoms with Gasteiger partial charge in [0.1, 0.15) is 5.82 Å². The molecular weight excluding hydrogens is 291 g/mol. The van der Waals surface area contributed by atoms with E-state index in [0.717, 1.165) is 0 Å². The summed E-state index contributed by atoms with van der Waals surface area (Å²) in [4.78, 5) is 12.2. The summed E-state index contributed by atoms with van der Waals surface area (Å²) in [5, 5.41) is 2.66. The molecule has 0 aliphatic rings. The molecule has 21 heavy (non-hydrogen) atoms. The molecule has 0 saturated heterocycles. The Labute approximate surface area is 124 Å². The van der Waals surface area contributed by atoms with Crippen LogP contribution in [0.5, 0.6) is 0 Å². The van der Waals surface area contributed by atoms with Crippen molar-refractivity contribution in [1.82, 2.24) is 0 Å². The molecule has 2 aromatic carbocycles. The zero-order chi connectivity index (χ0) is 15.2. The van der Waals surface area contributed by atoms with E-state index in [1.807, 2.05) is 0 Å². The number of nitrogens with one attached hydrogen (secondary N) is 1. The quantitative estimate of drug-likeness (QED) is 0.834. The van der Waals surface area contributed by atoms with E-state index in [2.05, 4.69) is 5.32 Å². The van der Waals surface area contributed by atoms with E-state index in [-0.39, 0.29) is 18.1 Å². The van der Waals surface area contributed by atoms with Crippen molar-refractivity contribution < 1.29 is 13.4 Å². The molecule has 0 heterocycles. The van der Waals surface area contributed by atoms with Crippen molar-refractivity contribution in [1.29, 1.82) is 0 Å². The minimum atomic E-state index is -1.41. The SMILES string of the molecule is Nc1ccccc1NC(=O)CCS(=O)c1cccc(F)c1. The van der Waals surface area contributed by atoms with Crippen LogP contribution in [0, 0.1) is 5.82 Å². The number of carbonyl (C=O) groups is 1. The van der Waals surface area contributed by atoms with Gasteiger partial charge in [-0.15, -0.1) is 0 Å². The van der Waals surface area contributed by atoms with Crippen molar-refractivity contribution in [3.05, 3.63) is 54.3 Å². The summed E-state index contributed by atoms with van der Waals surface area (Å²) in [6.07, 6.45) is 0.0669. The van der Waals surface area contributed by atoms with Crippen molar-refractivity contribution in [3.8, 4) is 0 Å². The second-order valence-electron chi connectivity index (χ2n) is 4.39. The molecule has 0 fully saturated rings. The standard InChI is InChI=1S/C15H15FN2O2S/c16-11-4-3-5-12(10-11)21(20)9-8-15(19)18-14-7-2-1-6-13(14)17/h1-7,10H,8-9,17H2,(H,18,19). The summed E-state index contributed by atoms with van der Waals surface area (Å²) in [6.45, 7) is 0. The first-order valence-corrected chi connectivity index (χ1v) is 7.66. The number of rotatable bonds is 5. The first kappa shape index (κ1) is 15.2. The van der Waals surface area contributed by atoms with Crippen LogP contribution in [0.1, 0.15) is 6.42 Å². The van der Waals surface area contributed by atoms with E-state index >= 15 is 0 Å². The zero-order valence-corrected chi connectivity index (χ0v) is 12.0. The predicted molar refractivity (Wildman–Crippen MR) is 81.8 cm³/mol. The molecule has 3 N–H and O–H groups in total. The average molecular weight is 306 g/mol. The molecule has 0 aromatic heterocycles. The van der Waals surface area contributed by atoms with Gasteiger partial charge in [0.15, 0.2) is 0 Å². The molecule has 110 valence electrons. The fraction of sp³-hybridized carbons (Fsp3) is 0.133. The number of carbonyl (C=O) groups excluding carboxylic acids is 1. The van der Waals surface area contributed by atoms with Crippen LogP contribution in [0.2, 0.25) is 0 Å². The van der Waals surface area contributed by atoms with Crippen LogP contribution >= 0.6 is 0 Å². The lowest BCUT2D eigenvalue weighted by atomic mass is 10.2. The first-order chi connectivity index (χ1) is 10.1. The second-order valence-corrected chi connectivity index (χ2v) is 5.96. The van der Waals surface area contributed by atoms with Gasteiger partial charge in [-0.3, -0.25) is 9.00 Å². The highest BCUT2D eigenvalue weighted by molar-refractivity contribution is 7.85. The molecule has 0 bridgehead atoms. The molecule has 0 spiro atoms. The summed E-state index contributed by atoms with van der Waals surface area (Å²) < 4.78 is 25.0. The number of benzene rings is 2. The molecule has 2 rings (SSSR count). The van der Waals surface area contributed by atoms with Crippen LogP contribution in [-0.4, -0.2) is 15.9 Å². The number of nitrogens with two attached hydrogens (primary N) is 1. The van der Waals surface area contributed by atoms with Crippen LogP contribution < -0.4 is 11.1 Å². The van der Waals surface area contributed by atoms with Gasteiger partial charge in [0, 0.05) is 17.1 Å². The Hall–Kier alpha value is -2.21. The Morgan fingerprint density at radius 3 is 2.67 bits per heavy atom. The number of hydrogen-bond acceptors (Lipinski definition) is 3. The number of halogens is 1. The van der Waals surface area contributed by atoms with Crippen LogP contribution in [-0.2, 0) is 15.6 Å². The van der Waals surface area contributed by atoms with Gasteiger partial charge in [0.05, 0.1) is 22.2 Å². The average Bonchev–Trinajstić information content (AvgIpc) is 2.47. The topological polar surface area (TPSA) is 72.2 Å². The maximum atomic E-state index is 13.0. The zero-order valence-electron chi connectivity index (χ0n) is 11.2. The second kappa shape index (κ2) is 6.99. The molecule has 6 heteroatoms. The summed E-state index contributed by atoms with van der Waals surface area (Å²) in [7, 11) is -1.41. The van der Waals surface area contributed by atoms with Gasteiger partial charge < -0.3 is 11.1 Å². The van der Waals surface area contributed by atoms with E-state index in [9.17, 15) is 13.4 Å². The van der Waals surface area contributed by atoms with Gasteiger partial charge in [0.25, 0.3) is 0 Å². The maximum Gasteiger partial charge on any atom is 0.225 e. The fourth-order valence-corrected chi connectivity index (χ4v) is 2.82. The van der Waals surface area contributed by atoms with E-state index in [0.29, 0.717) is 16.3 Å². The predicted octanol–water partition coefficient (Wildman–Crippen LogP) is 2.54. The lowest BCUT2D eigenvalue weighted by Crippen LogP contribution is -2.15. The minimum absolute atomic E-state index is 0.0669. The lowest BCUT2D eigenvalue weighted by molar-refractivity contribution is -0.115. The Balaban J connectivity index is 1.90. The molecule has 4 nitrogen and oxygen atoms in total. The molecule has 0 aliphatic carbocycles. The van der Waals surface area contributed by atoms with Crippen LogP contribution in [0.15, 0.2) is 53.4 Å². The Morgan fingerprint density at radius 1 is 1.19 bits per heavy atom. The highest BCUT2D eigenvalue weighted by Crippen LogP contribution is 2.17. The van der Waals surface area contributed by atoms with E-state index in [1.165, 1.54) is 18.2 Å². The summed E-state index contributed by atoms with van der Waals surface area (Å²) in [5.74, 6) is -0.595. The van der Waals surface area contributed by atoms with E-state index in [1.54, 1.807) is 30.3 Å². The fourth-order valence-electron chi connectivity index (χ4n) is 1.74. The number of nitrogen functional groups attached to an aromatic ring is 1. The third-order valence-corrected chi connectivity index (χ3v) is 4.16. The summed E-state index contributed by atoms with van der Waals surface area (Å²) in [6, 6.07) is 12.5. The third kappa shape index (κ3) is 4.39. The molecule has 1 atom stereocenters. The summed E-state index contributed by atoms with van der Waals surface area (Å²) >= 11 is 0. The lowest BCUT2D eigenvalue weighted by Gasteiger charge is -2.07. The van der Waals surface area contributed by atoms with Crippen molar-refractivity contribution in [2.45, 2.75) is 11.3 Å². The van der Waals surface area contributed by atoms with Gasteiger partial charge in [-0.25, -0.2) is 4.39 Å². The van der Waals surface area contributed by atoms with Crippen LogP contribution in [0.3, 0.4) is 0 Å². The van der Waals surface area contributed by atoms with Crippen LogP contribution in [0.25, 0.3) is 0 Å². The van der Waals surface area contributed by atoms with E-state index in [4.69, 9.17) is 5.73 Å². The molecule has 0 saturated carbocycles. The smallest absolute Gasteiger partial charge is 0.225 e. The Morgan fingerprint density at radius 2 is 1.95 bits per heavy atom. The van der Waals surface area contributed by atoms with Crippen molar-refractivity contribution in [2.75, 3.05) is 16.8 Å².